The van der Waals surface area contributed by atoms with Gasteiger partial charge < -0.3 is 11.1 Å². The highest BCUT2D eigenvalue weighted by Crippen LogP contribution is 2.42. The number of fused-ring (bicyclic) bond motifs is 1. The summed E-state index contributed by atoms with van der Waals surface area (Å²) in [5.41, 5.74) is 11.2. The van der Waals surface area contributed by atoms with Gasteiger partial charge in [0.15, 0.2) is 0 Å². The zero-order valence-electron chi connectivity index (χ0n) is 12.4. The zero-order valence-corrected chi connectivity index (χ0v) is 12.4. The first-order chi connectivity index (χ1) is 8.89. The monoisotopic (exact) mass is 260 g/mol. The van der Waals surface area contributed by atoms with E-state index in [2.05, 4.69) is 25.2 Å². The average Bonchev–Trinajstić information content (AvgIpc) is 2.57. The molecule has 0 saturated carbocycles. The van der Waals surface area contributed by atoms with Crippen LogP contribution in [0.3, 0.4) is 0 Å². The predicted octanol–water partition coefficient (Wildman–Crippen LogP) is 2.81. The number of carbonyl (C=O) groups excluding carboxylic acids is 1. The van der Waals surface area contributed by atoms with Gasteiger partial charge in [0.1, 0.15) is 0 Å². The number of nitrogens with one attached hydrogen (secondary N) is 1. The first-order valence-electron chi connectivity index (χ1n) is 7.04. The van der Waals surface area contributed by atoms with E-state index in [1.165, 1.54) is 16.7 Å². The minimum absolute atomic E-state index is 0.104. The van der Waals surface area contributed by atoms with Crippen molar-refractivity contribution in [2.45, 2.75) is 52.4 Å². The van der Waals surface area contributed by atoms with Crippen molar-refractivity contribution >= 4 is 11.6 Å². The second-order valence-electron chi connectivity index (χ2n) is 6.04. The van der Waals surface area contributed by atoms with Gasteiger partial charge in [0, 0.05) is 5.69 Å². The highest BCUT2D eigenvalue weighted by molar-refractivity contribution is 6.06. The maximum absolute atomic E-state index is 12.1. The molecule has 0 radical (unpaired) electrons. The summed E-state index contributed by atoms with van der Waals surface area (Å²) in [7, 11) is 0. The Morgan fingerprint density at radius 3 is 2.58 bits per heavy atom. The second kappa shape index (κ2) is 4.97. The van der Waals surface area contributed by atoms with Crippen molar-refractivity contribution in [3.8, 4) is 0 Å². The van der Waals surface area contributed by atoms with Crippen LogP contribution in [0.2, 0.25) is 0 Å². The van der Waals surface area contributed by atoms with Crippen LogP contribution in [-0.2, 0) is 16.6 Å². The third-order valence-corrected chi connectivity index (χ3v) is 4.34. The molecule has 104 valence electrons. The number of anilines is 1. The van der Waals surface area contributed by atoms with Crippen molar-refractivity contribution < 1.29 is 4.79 Å². The van der Waals surface area contributed by atoms with Crippen molar-refractivity contribution in [3.05, 3.63) is 28.3 Å². The van der Waals surface area contributed by atoms with E-state index in [1.54, 1.807) is 0 Å². The van der Waals surface area contributed by atoms with E-state index in [0.717, 1.165) is 37.1 Å². The fourth-order valence-electron chi connectivity index (χ4n) is 2.77. The topological polar surface area (TPSA) is 55.1 Å². The minimum atomic E-state index is -0.420. The predicted molar refractivity (Wildman–Crippen MR) is 79.6 cm³/mol. The smallest absolute Gasteiger partial charge is 0.234 e. The van der Waals surface area contributed by atoms with Crippen LogP contribution in [0.4, 0.5) is 5.69 Å². The molecule has 1 aliphatic heterocycles. The first-order valence-corrected chi connectivity index (χ1v) is 7.04. The van der Waals surface area contributed by atoms with Crippen LogP contribution in [0.15, 0.2) is 6.07 Å². The number of hydrogen-bond acceptors (Lipinski definition) is 2. The number of rotatable bonds is 4. The zero-order chi connectivity index (χ0) is 14.2. The van der Waals surface area contributed by atoms with Gasteiger partial charge in [-0.05, 0) is 75.8 Å². The lowest BCUT2D eigenvalue weighted by Gasteiger charge is -2.18. The molecule has 0 aliphatic carbocycles. The summed E-state index contributed by atoms with van der Waals surface area (Å²) < 4.78 is 0. The van der Waals surface area contributed by atoms with E-state index >= 15 is 0 Å². The van der Waals surface area contributed by atoms with Crippen LogP contribution < -0.4 is 11.1 Å². The molecule has 1 aliphatic rings. The van der Waals surface area contributed by atoms with Gasteiger partial charge in [-0.1, -0.05) is 6.07 Å². The number of benzene rings is 1. The largest absolute Gasteiger partial charge is 0.330 e. The molecule has 0 saturated heterocycles. The summed E-state index contributed by atoms with van der Waals surface area (Å²) in [4.78, 5) is 12.1. The van der Waals surface area contributed by atoms with Crippen molar-refractivity contribution in [1.29, 1.82) is 0 Å². The molecule has 1 amide bonds. The molecule has 0 unspecified atom stereocenters. The lowest BCUT2D eigenvalue weighted by Crippen LogP contribution is -2.26. The molecule has 3 N–H and O–H groups in total. The Labute approximate surface area is 115 Å². The van der Waals surface area contributed by atoms with Crippen molar-refractivity contribution in [1.82, 2.24) is 0 Å². The maximum Gasteiger partial charge on any atom is 0.234 e. The van der Waals surface area contributed by atoms with E-state index in [0.29, 0.717) is 0 Å². The van der Waals surface area contributed by atoms with Crippen molar-refractivity contribution in [2.75, 3.05) is 11.9 Å². The number of hydrogen-bond donors (Lipinski definition) is 2. The molecule has 0 spiro atoms. The van der Waals surface area contributed by atoms with Gasteiger partial charge in [-0.3, -0.25) is 4.79 Å². The van der Waals surface area contributed by atoms with Crippen LogP contribution in [0, 0.1) is 13.8 Å². The molecule has 1 heterocycles. The molecule has 1 aromatic carbocycles. The second-order valence-corrected chi connectivity index (χ2v) is 6.04. The third-order valence-electron chi connectivity index (χ3n) is 4.34. The van der Waals surface area contributed by atoms with E-state index in [-0.39, 0.29) is 5.91 Å². The molecule has 19 heavy (non-hydrogen) atoms. The number of carbonyl (C=O) groups is 1. The minimum Gasteiger partial charge on any atom is -0.330 e. The van der Waals surface area contributed by atoms with Crippen LogP contribution in [0.25, 0.3) is 0 Å². The molecule has 0 aromatic heterocycles. The van der Waals surface area contributed by atoms with Crippen molar-refractivity contribution in [3.63, 3.8) is 0 Å². The van der Waals surface area contributed by atoms with Crippen molar-refractivity contribution in [2.24, 2.45) is 5.73 Å². The van der Waals surface area contributed by atoms with E-state index < -0.39 is 5.41 Å². The number of aryl methyl sites for hydroxylation is 1. The van der Waals surface area contributed by atoms with Crippen LogP contribution in [0.5, 0.6) is 0 Å². The fourth-order valence-corrected chi connectivity index (χ4v) is 2.77. The maximum atomic E-state index is 12.1. The quantitative estimate of drug-likeness (QED) is 0.818. The number of nitrogens with two attached hydrogens (primary N) is 1. The molecule has 0 atom stereocenters. The van der Waals surface area contributed by atoms with Gasteiger partial charge in [0.2, 0.25) is 5.91 Å². The van der Waals surface area contributed by atoms with Crippen LogP contribution in [0.1, 0.15) is 48.9 Å². The lowest BCUT2D eigenvalue weighted by atomic mass is 9.82. The summed E-state index contributed by atoms with van der Waals surface area (Å²) in [5.74, 6) is 0.104. The molecule has 0 fully saturated rings. The van der Waals surface area contributed by atoms with Gasteiger partial charge >= 0.3 is 0 Å². The van der Waals surface area contributed by atoms with E-state index in [1.807, 2.05) is 13.8 Å². The molecule has 3 nitrogen and oxygen atoms in total. The molecule has 1 aromatic rings. The molecule has 2 rings (SSSR count). The van der Waals surface area contributed by atoms with Gasteiger partial charge in [-0.15, -0.1) is 0 Å². The normalized spacial score (nSPS) is 16.4. The van der Waals surface area contributed by atoms with E-state index in [9.17, 15) is 4.79 Å². The summed E-state index contributed by atoms with van der Waals surface area (Å²) in [6, 6.07) is 2.16. The standard InChI is InChI=1S/C16H24N2O/c1-10-9-13-14(18-15(19)16(13,3)4)12(11(10)2)7-5-6-8-17/h9H,5-8,17H2,1-4H3,(H,18,19). The number of unbranched alkanes of at least 4 members (excludes halogenated alkanes) is 1. The summed E-state index contributed by atoms with van der Waals surface area (Å²) >= 11 is 0. The average molecular weight is 260 g/mol. The highest BCUT2D eigenvalue weighted by atomic mass is 16.2. The Kier molecular flexibility index (Phi) is 3.68. The molecule has 3 heteroatoms. The van der Waals surface area contributed by atoms with Gasteiger partial charge in [0.25, 0.3) is 0 Å². The van der Waals surface area contributed by atoms with Gasteiger partial charge in [-0.25, -0.2) is 0 Å². The fraction of sp³-hybridized carbons (Fsp3) is 0.562. The first kappa shape index (κ1) is 14.1. The van der Waals surface area contributed by atoms with Gasteiger partial charge in [-0.2, -0.15) is 0 Å². The Bertz CT molecular complexity index is 518. The third kappa shape index (κ3) is 2.27. The van der Waals surface area contributed by atoms with Crippen LogP contribution in [-0.4, -0.2) is 12.5 Å². The summed E-state index contributed by atoms with van der Waals surface area (Å²) in [6.07, 6.45) is 3.09. The Balaban J connectivity index is 2.47. The Morgan fingerprint density at radius 1 is 1.26 bits per heavy atom. The summed E-state index contributed by atoms with van der Waals surface area (Å²) in [6.45, 7) is 8.98. The number of amides is 1. The highest BCUT2D eigenvalue weighted by Gasteiger charge is 2.39. The molecular formula is C16H24N2O. The summed E-state index contributed by atoms with van der Waals surface area (Å²) in [5, 5.41) is 3.08. The van der Waals surface area contributed by atoms with Gasteiger partial charge in [0.05, 0.1) is 5.41 Å². The van der Waals surface area contributed by atoms with E-state index in [4.69, 9.17) is 5.73 Å². The lowest BCUT2D eigenvalue weighted by molar-refractivity contribution is -0.119. The van der Waals surface area contributed by atoms with Crippen LogP contribution >= 0.6 is 0 Å². The Hall–Kier alpha value is -1.35. The molecule has 0 bridgehead atoms. The molecular weight excluding hydrogens is 236 g/mol. The SMILES string of the molecule is Cc1cc2c(c(CCCCN)c1C)NC(=O)C2(C)C. The Morgan fingerprint density at radius 2 is 1.95 bits per heavy atom.